The number of nitrogens with zero attached hydrogens (tertiary/aromatic N) is 1. The molecule has 0 bridgehead atoms. The van der Waals surface area contributed by atoms with E-state index in [1.54, 1.807) is 0 Å². The topological polar surface area (TPSA) is 42.2 Å². The molecule has 1 N–H and O–H groups in total. The molecule has 0 radical (unpaired) electrons. The summed E-state index contributed by atoms with van der Waals surface area (Å²) in [6, 6.07) is 17.4. The normalized spacial score (nSPS) is 11.3. The van der Waals surface area contributed by atoms with Crippen molar-refractivity contribution in [1.29, 1.82) is 0 Å². The van der Waals surface area contributed by atoms with E-state index in [1.807, 2.05) is 54.6 Å². The molecule has 0 amide bonds. The Morgan fingerprint density at radius 1 is 0.688 bits per heavy atom. The van der Waals surface area contributed by atoms with Gasteiger partial charge in [-0.1, -0.05) is 120 Å². The highest BCUT2D eigenvalue weighted by Crippen LogP contribution is 2.30. The third-order valence-corrected chi connectivity index (χ3v) is 6.43. The van der Waals surface area contributed by atoms with Crippen molar-refractivity contribution in [2.45, 2.75) is 90.5 Å². The van der Waals surface area contributed by atoms with Gasteiger partial charge in [-0.3, -0.25) is 4.79 Å². The van der Waals surface area contributed by atoms with Gasteiger partial charge >= 0.3 is 0 Å². The molecule has 0 spiro atoms. The van der Waals surface area contributed by atoms with Crippen molar-refractivity contribution >= 4 is 10.9 Å². The molecular formula is C29H39NO2. The SMILES string of the molecule is CCCCCCCCCCCCCCn1c(-c2ccccc2)c(O)c(=O)c2ccccc21. The molecule has 32 heavy (non-hydrogen) atoms. The van der Waals surface area contributed by atoms with E-state index >= 15 is 0 Å². The molecule has 2 aromatic carbocycles. The average Bonchev–Trinajstić information content (AvgIpc) is 2.83. The summed E-state index contributed by atoms with van der Waals surface area (Å²) in [5, 5.41) is 11.4. The second kappa shape index (κ2) is 13.1. The Balaban J connectivity index is 1.57. The largest absolute Gasteiger partial charge is 0.503 e. The fraction of sp³-hybridized carbons (Fsp3) is 0.483. The van der Waals surface area contributed by atoms with Crippen LogP contribution in [0.3, 0.4) is 0 Å². The molecule has 0 aliphatic heterocycles. The van der Waals surface area contributed by atoms with E-state index in [2.05, 4.69) is 11.5 Å². The molecule has 0 atom stereocenters. The molecule has 1 heterocycles. The lowest BCUT2D eigenvalue weighted by Crippen LogP contribution is -2.13. The monoisotopic (exact) mass is 433 g/mol. The summed E-state index contributed by atoms with van der Waals surface area (Å²) in [7, 11) is 0. The van der Waals surface area contributed by atoms with Gasteiger partial charge in [-0.05, 0) is 18.6 Å². The zero-order chi connectivity index (χ0) is 22.6. The molecule has 3 rings (SSSR count). The van der Waals surface area contributed by atoms with E-state index in [4.69, 9.17) is 0 Å². The summed E-state index contributed by atoms with van der Waals surface area (Å²) in [4.78, 5) is 12.8. The molecule has 0 aliphatic carbocycles. The van der Waals surface area contributed by atoms with Crippen LogP contribution in [-0.2, 0) is 6.54 Å². The van der Waals surface area contributed by atoms with Crippen molar-refractivity contribution in [2.24, 2.45) is 0 Å². The minimum Gasteiger partial charge on any atom is -0.503 e. The first-order valence-electron chi connectivity index (χ1n) is 12.6. The maximum absolute atomic E-state index is 12.8. The number of pyridine rings is 1. The van der Waals surface area contributed by atoms with E-state index < -0.39 is 0 Å². The standard InChI is InChI=1S/C29H39NO2/c1-2-3-4-5-6-7-8-9-10-11-12-18-23-30-26-22-17-16-21-25(26)28(31)29(32)27(30)24-19-14-13-15-20-24/h13-17,19-22,32H,2-12,18,23H2,1H3. The van der Waals surface area contributed by atoms with Crippen molar-refractivity contribution in [2.75, 3.05) is 0 Å². The van der Waals surface area contributed by atoms with Gasteiger partial charge in [0.05, 0.1) is 11.2 Å². The Hall–Kier alpha value is -2.55. The smallest absolute Gasteiger partial charge is 0.231 e. The molecule has 0 fully saturated rings. The quantitative estimate of drug-likeness (QED) is 0.261. The first kappa shape index (κ1) is 24.1. The number of rotatable bonds is 14. The molecule has 0 unspecified atom stereocenters. The molecule has 0 saturated heterocycles. The van der Waals surface area contributed by atoms with Crippen molar-refractivity contribution in [3.8, 4) is 17.0 Å². The number of para-hydroxylation sites is 1. The van der Waals surface area contributed by atoms with Gasteiger partial charge in [-0.2, -0.15) is 0 Å². The summed E-state index contributed by atoms with van der Waals surface area (Å²) in [5.74, 6) is -0.145. The molecule has 0 saturated carbocycles. The first-order valence-corrected chi connectivity index (χ1v) is 12.6. The van der Waals surface area contributed by atoms with Gasteiger partial charge in [0.25, 0.3) is 0 Å². The predicted octanol–water partition coefficient (Wildman–Crippen LogP) is 8.08. The van der Waals surface area contributed by atoms with Crippen LogP contribution in [0.25, 0.3) is 22.2 Å². The number of aryl methyl sites for hydroxylation is 1. The van der Waals surface area contributed by atoms with Gasteiger partial charge in [-0.25, -0.2) is 0 Å². The number of aromatic nitrogens is 1. The van der Waals surface area contributed by atoms with Crippen molar-refractivity contribution in [3.05, 3.63) is 64.8 Å². The van der Waals surface area contributed by atoms with Crippen molar-refractivity contribution in [3.63, 3.8) is 0 Å². The molecule has 3 heteroatoms. The van der Waals surface area contributed by atoms with Gasteiger partial charge in [-0.15, -0.1) is 0 Å². The Bertz CT molecular complexity index is 1010. The van der Waals surface area contributed by atoms with E-state index in [1.165, 1.54) is 70.6 Å². The van der Waals surface area contributed by atoms with E-state index in [0.717, 1.165) is 24.0 Å². The number of fused-ring (bicyclic) bond motifs is 1. The predicted molar refractivity (Wildman–Crippen MR) is 136 cm³/mol. The van der Waals surface area contributed by atoms with Crippen LogP contribution in [-0.4, -0.2) is 9.67 Å². The van der Waals surface area contributed by atoms with Gasteiger partial charge in [0.15, 0.2) is 5.75 Å². The Kier molecular flexibility index (Phi) is 9.87. The van der Waals surface area contributed by atoms with Crippen LogP contribution in [0, 0.1) is 0 Å². The molecule has 3 nitrogen and oxygen atoms in total. The van der Waals surface area contributed by atoms with E-state index in [-0.39, 0.29) is 11.2 Å². The van der Waals surface area contributed by atoms with Crippen LogP contribution in [0.1, 0.15) is 84.0 Å². The minimum absolute atomic E-state index is 0.145. The second-order valence-electron chi connectivity index (χ2n) is 8.95. The third kappa shape index (κ3) is 6.48. The summed E-state index contributed by atoms with van der Waals surface area (Å²) in [5.41, 5.74) is 2.13. The van der Waals surface area contributed by atoms with Gasteiger partial charge in [0.1, 0.15) is 0 Å². The van der Waals surface area contributed by atoms with E-state index in [9.17, 15) is 9.90 Å². The summed E-state index contributed by atoms with van der Waals surface area (Å²) >= 11 is 0. The third-order valence-electron chi connectivity index (χ3n) is 6.43. The van der Waals surface area contributed by atoms with Crippen molar-refractivity contribution in [1.82, 2.24) is 4.57 Å². The van der Waals surface area contributed by atoms with Gasteiger partial charge in [0, 0.05) is 17.5 Å². The average molecular weight is 434 g/mol. The van der Waals surface area contributed by atoms with Gasteiger partial charge < -0.3 is 9.67 Å². The second-order valence-corrected chi connectivity index (χ2v) is 8.95. The maximum Gasteiger partial charge on any atom is 0.231 e. The summed E-state index contributed by atoms with van der Waals surface area (Å²) in [6.45, 7) is 3.07. The number of benzene rings is 2. The highest BCUT2D eigenvalue weighted by atomic mass is 16.3. The Morgan fingerprint density at radius 2 is 1.22 bits per heavy atom. The zero-order valence-electron chi connectivity index (χ0n) is 19.7. The highest BCUT2D eigenvalue weighted by Gasteiger charge is 2.17. The molecule has 1 aromatic heterocycles. The van der Waals surface area contributed by atoms with Crippen LogP contribution in [0.15, 0.2) is 59.4 Å². The molecule has 3 aromatic rings. The summed E-state index contributed by atoms with van der Waals surface area (Å²) < 4.78 is 2.14. The number of hydrogen-bond donors (Lipinski definition) is 1. The molecule has 0 aliphatic rings. The fourth-order valence-electron chi connectivity index (χ4n) is 4.62. The zero-order valence-corrected chi connectivity index (χ0v) is 19.7. The van der Waals surface area contributed by atoms with Crippen LogP contribution < -0.4 is 5.43 Å². The number of aromatic hydroxyl groups is 1. The Labute approximate surface area is 193 Å². The van der Waals surface area contributed by atoms with Crippen LogP contribution in [0.4, 0.5) is 0 Å². The number of unbranched alkanes of at least 4 members (excludes halogenated alkanes) is 11. The molecule has 172 valence electrons. The van der Waals surface area contributed by atoms with Crippen LogP contribution >= 0.6 is 0 Å². The maximum atomic E-state index is 12.8. The first-order chi connectivity index (χ1) is 15.7. The lowest BCUT2D eigenvalue weighted by atomic mass is 10.0. The minimum atomic E-state index is -0.287. The van der Waals surface area contributed by atoms with Gasteiger partial charge in [0.2, 0.25) is 5.43 Å². The summed E-state index contributed by atoms with van der Waals surface area (Å²) in [6.07, 6.45) is 15.8. The number of hydrogen-bond acceptors (Lipinski definition) is 2. The lowest BCUT2D eigenvalue weighted by Gasteiger charge is -2.18. The Morgan fingerprint density at radius 3 is 1.84 bits per heavy atom. The lowest BCUT2D eigenvalue weighted by molar-refractivity contribution is 0.464. The van der Waals surface area contributed by atoms with E-state index in [0.29, 0.717) is 11.1 Å². The van der Waals surface area contributed by atoms with Crippen molar-refractivity contribution < 1.29 is 5.11 Å². The fourth-order valence-corrected chi connectivity index (χ4v) is 4.62. The van der Waals surface area contributed by atoms with Crippen LogP contribution in [0.5, 0.6) is 5.75 Å². The molecular weight excluding hydrogens is 394 g/mol. The highest BCUT2D eigenvalue weighted by molar-refractivity contribution is 5.85. The van der Waals surface area contributed by atoms with Crippen LogP contribution in [0.2, 0.25) is 0 Å².